The zero-order chi connectivity index (χ0) is 8.27. The Morgan fingerprint density at radius 2 is 2.64 bits per heavy atom. The van der Waals surface area contributed by atoms with Gasteiger partial charge in [0.05, 0.1) is 0 Å². The number of hydrogen-bond acceptors (Lipinski definition) is 2. The highest BCUT2D eigenvalue weighted by Gasteiger charge is 2.03. The van der Waals surface area contributed by atoms with Crippen molar-refractivity contribution in [3.63, 3.8) is 0 Å². The zero-order valence-corrected chi connectivity index (χ0v) is 7.78. The Hall–Kier alpha value is -0.640. The third-order valence-electron chi connectivity index (χ3n) is 1.38. The molecular weight excluding hydrogens is 208 g/mol. The van der Waals surface area contributed by atoms with Crippen LogP contribution in [0.2, 0.25) is 0 Å². The van der Waals surface area contributed by atoms with Gasteiger partial charge in [0.25, 0.3) is 0 Å². The van der Waals surface area contributed by atoms with E-state index in [1.807, 2.05) is 17.7 Å². The highest BCUT2D eigenvalue weighted by Crippen LogP contribution is 2.08. The summed E-state index contributed by atoms with van der Waals surface area (Å²) in [5.74, 6) is 0.0421. The van der Waals surface area contributed by atoms with Gasteiger partial charge in [0.2, 0.25) is 0 Å². The van der Waals surface area contributed by atoms with Gasteiger partial charge in [0, 0.05) is 24.9 Å². The van der Waals surface area contributed by atoms with Crippen molar-refractivity contribution in [1.82, 2.24) is 9.55 Å². The smallest absolute Gasteiger partial charge is 0.177 e. The molecule has 0 spiro atoms. The molecule has 60 valence electrons. The largest absolute Gasteiger partial charge is 0.325 e. The highest BCUT2D eigenvalue weighted by molar-refractivity contribution is 9.10. The van der Waals surface area contributed by atoms with E-state index in [9.17, 15) is 4.79 Å². The molecule has 0 amide bonds. The van der Waals surface area contributed by atoms with Gasteiger partial charge in [-0.2, -0.15) is 0 Å². The molecule has 0 aliphatic carbocycles. The Bertz CT molecular complexity index is 246. The Labute approximate surface area is 73.6 Å². The normalized spacial score (nSPS) is 12.9. The molecule has 3 nitrogen and oxygen atoms in total. The van der Waals surface area contributed by atoms with Crippen molar-refractivity contribution in [3.8, 4) is 0 Å². The molecule has 0 aromatic carbocycles. The van der Waals surface area contributed by atoms with Gasteiger partial charge in [-0.05, 0) is 15.9 Å². The number of carbonyl (C=O) groups is 1. The molecule has 0 saturated carbocycles. The molecule has 0 bridgehead atoms. The van der Waals surface area contributed by atoms with E-state index >= 15 is 0 Å². The summed E-state index contributed by atoms with van der Waals surface area (Å²) in [7, 11) is 0. The SMILES string of the molecule is CC(C=O)Cn1ccnc1Br. The summed E-state index contributed by atoms with van der Waals surface area (Å²) in [4.78, 5) is 14.3. The zero-order valence-electron chi connectivity index (χ0n) is 6.20. The summed E-state index contributed by atoms with van der Waals surface area (Å²) in [6, 6.07) is 0. The maximum atomic E-state index is 10.3. The van der Waals surface area contributed by atoms with E-state index in [1.165, 1.54) is 0 Å². The molecule has 1 heterocycles. The minimum absolute atomic E-state index is 0.0421. The van der Waals surface area contributed by atoms with Gasteiger partial charge in [-0.1, -0.05) is 6.92 Å². The van der Waals surface area contributed by atoms with Crippen molar-refractivity contribution < 1.29 is 4.79 Å². The predicted octanol–water partition coefficient (Wildman–Crippen LogP) is 1.48. The van der Waals surface area contributed by atoms with Crippen LogP contribution in [0.5, 0.6) is 0 Å². The predicted molar refractivity (Wildman–Crippen MR) is 45.2 cm³/mol. The highest BCUT2D eigenvalue weighted by atomic mass is 79.9. The first-order valence-electron chi connectivity index (χ1n) is 3.36. The molecule has 1 aromatic rings. The summed E-state index contributed by atoms with van der Waals surface area (Å²) in [6.45, 7) is 2.56. The molecule has 11 heavy (non-hydrogen) atoms. The standard InChI is InChI=1S/C7H9BrN2O/c1-6(5-11)4-10-3-2-9-7(10)8/h2-3,5-6H,4H2,1H3. The van der Waals surface area contributed by atoms with Gasteiger partial charge in [-0.25, -0.2) is 4.98 Å². The van der Waals surface area contributed by atoms with E-state index in [2.05, 4.69) is 20.9 Å². The monoisotopic (exact) mass is 216 g/mol. The number of hydrogen-bond donors (Lipinski definition) is 0. The summed E-state index contributed by atoms with van der Waals surface area (Å²) in [5, 5.41) is 0. The van der Waals surface area contributed by atoms with Crippen molar-refractivity contribution in [2.75, 3.05) is 0 Å². The number of aromatic nitrogens is 2. The van der Waals surface area contributed by atoms with Crippen LogP contribution in [-0.2, 0) is 11.3 Å². The Morgan fingerprint density at radius 3 is 3.09 bits per heavy atom. The third kappa shape index (κ3) is 2.15. The first-order chi connectivity index (χ1) is 5.24. The maximum Gasteiger partial charge on any atom is 0.177 e. The lowest BCUT2D eigenvalue weighted by atomic mass is 10.2. The molecule has 1 atom stereocenters. The summed E-state index contributed by atoms with van der Waals surface area (Å²) in [6.07, 6.45) is 4.47. The summed E-state index contributed by atoms with van der Waals surface area (Å²) < 4.78 is 2.66. The maximum absolute atomic E-state index is 10.3. The second-order valence-corrected chi connectivity index (χ2v) is 3.17. The lowest BCUT2D eigenvalue weighted by Crippen LogP contribution is -2.07. The van der Waals surface area contributed by atoms with Crippen LogP contribution in [0.1, 0.15) is 6.92 Å². The Morgan fingerprint density at radius 1 is 1.91 bits per heavy atom. The van der Waals surface area contributed by atoms with Gasteiger partial charge in [-0.15, -0.1) is 0 Å². The average Bonchev–Trinajstić information content (AvgIpc) is 2.37. The van der Waals surface area contributed by atoms with Crippen LogP contribution in [0.25, 0.3) is 0 Å². The number of aldehydes is 1. The van der Waals surface area contributed by atoms with Crippen LogP contribution in [0.4, 0.5) is 0 Å². The number of imidazole rings is 1. The molecule has 0 radical (unpaired) electrons. The van der Waals surface area contributed by atoms with Crippen molar-refractivity contribution in [1.29, 1.82) is 0 Å². The molecular formula is C7H9BrN2O. The number of halogens is 1. The topological polar surface area (TPSA) is 34.9 Å². The molecule has 0 aliphatic heterocycles. The van der Waals surface area contributed by atoms with E-state index in [0.717, 1.165) is 11.0 Å². The molecule has 1 unspecified atom stereocenters. The van der Waals surface area contributed by atoms with Crippen molar-refractivity contribution >= 4 is 22.2 Å². The number of rotatable bonds is 3. The lowest BCUT2D eigenvalue weighted by Gasteiger charge is -2.04. The molecule has 4 heteroatoms. The van der Waals surface area contributed by atoms with Gasteiger partial charge < -0.3 is 9.36 Å². The van der Waals surface area contributed by atoms with Gasteiger partial charge in [0.15, 0.2) is 4.73 Å². The van der Waals surface area contributed by atoms with Crippen LogP contribution >= 0.6 is 15.9 Å². The van der Waals surface area contributed by atoms with E-state index in [-0.39, 0.29) is 5.92 Å². The molecule has 0 aliphatic rings. The van der Waals surface area contributed by atoms with E-state index < -0.39 is 0 Å². The average molecular weight is 217 g/mol. The molecule has 1 rings (SSSR count). The fraction of sp³-hybridized carbons (Fsp3) is 0.429. The number of carbonyl (C=O) groups excluding carboxylic acids is 1. The van der Waals surface area contributed by atoms with Crippen molar-refractivity contribution in [3.05, 3.63) is 17.1 Å². The molecule has 0 saturated heterocycles. The molecule has 0 fully saturated rings. The van der Waals surface area contributed by atoms with E-state index in [0.29, 0.717) is 6.54 Å². The number of nitrogens with zero attached hydrogens (tertiary/aromatic N) is 2. The van der Waals surface area contributed by atoms with Gasteiger partial charge in [0.1, 0.15) is 6.29 Å². The quantitative estimate of drug-likeness (QED) is 0.718. The van der Waals surface area contributed by atoms with Crippen LogP contribution in [0.15, 0.2) is 17.1 Å². The summed E-state index contributed by atoms with van der Waals surface area (Å²) in [5.41, 5.74) is 0. The molecule has 0 N–H and O–H groups in total. The second-order valence-electron chi connectivity index (χ2n) is 2.46. The fourth-order valence-corrected chi connectivity index (χ4v) is 1.18. The fourth-order valence-electron chi connectivity index (χ4n) is 0.800. The Kier molecular flexibility index (Phi) is 2.82. The molecule has 1 aromatic heterocycles. The van der Waals surface area contributed by atoms with Crippen LogP contribution < -0.4 is 0 Å². The van der Waals surface area contributed by atoms with Gasteiger partial charge in [-0.3, -0.25) is 0 Å². The van der Waals surface area contributed by atoms with E-state index in [4.69, 9.17) is 0 Å². The minimum atomic E-state index is 0.0421. The van der Waals surface area contributed by atoms with E-state index in [1.54, 1.807) is 6.20 Å². The first-order valence-corrected chi connectivity index (χ1v) is 4.15. The Balaban J connectivity index is 2.63. The lowest BCUT2D eigenvalue weighted by molar-refractivity contribution is -0.111. The first kappa shape index (κ1) is 8.46. The van der Waals surface area contributed by atoms with Crippen LogP contribution in [-0.4, -0.2) is 15.8 Å². The van der Waals surface area contributed by atoms with Crippen molar-refractivity contribution in [2.24, 2.45) is 5.92 Å². The minimum Gasteiger partial charge on any atom is -0.325 e. The third-order valence-corrected chi connectivity index (χ3v) is 2.04. The van der Waals surface area contributed by atoms with Crippen LogP contribution in [0.3, 0.4) is 0 Å². The van der Waals surface area contributed by atoms with Gasteiger partial charge >= 0.3 is 0 Å². The second kappa shape index (κ2) is 3.67. The van der Waals surface area contributed by atoms with Crippen molar-refractivity contribution in [2.45, 2.75) is 13.5 Å². The summed E-state index contributed by atoms with van der Waals surface area (Å²) >= 11 is 3.26. The van der Waals surface area contributed by atoms with Crippen LogP contribution in [0, 0.1) is 5.92 Å².